The number of amides is 1. The maximum atomic E-state index is 12.7. The van der Waals surface area contributed by atoms with Crippen molar-refractivity contribution in [1.29, 1.82) is 0 Å². The van der Waals surface area contributed by atoms with Crippen molar-refractivity contribution in [3.63, 3.8) is 0 Å². The third-order valence-electron chi connectivity index (χ3n) is 5.47. The number of methoxy groups -OCH3 is 1. The molecule has 0 saturated heterocycles. The molecule has 3 N–H and O–H groups in total. The number of ether oxygens (including phenoxy) is 2. The molecule has 3 rings (SSSR count). The topological polar surface area (TPSA) is 73.6 Å². The van der Waals surface area contributed by atoms with Gasteiger partial charge < -0.3 is 20.5 Å². The Morgan fingerprint density at radius 1 is 1.10 bits per heavy atom. The fraction of sp³-hybridized carbons (Fsp3) is 0.435. The molecule has 1 amide bonds. The van der Waals surface area contributed by atoms with E-state index in [1.54, 1.807) is 7.11 Å². The number of halogens is 1. The van der Waals surface area contributed by atoms with E-state index < -0.39 is 5.54 Å². The Morgan fingerprint density at radius 2 is 1.79 bits per heavy atom. The van der Waals surface area contributed by atoms with Crippen LogP contribution in [-0.2, 0) is 11.4 Å². The van der Waals surface area contributed by atoms with E-state index in [0.29, 0.717) is 18.1 Å². The largest absolute Gasteiger partial charge is 0.493 e. The molecule has 0 aliphatic heterocycles. The Kier molecular flexibility index (Phi) is 8.35. The van der Waals surface area contributed by atoms with E-state index in [0.717, 1.165) is 43.2 Å². The molecule has 5 nitrogen and oxygen atoms in total. The predicted octanol–water partition coefficient (Wildman–Crippen LogP) is 4.53. The van der Waals surface area contributed by atoms with Gasteiger partial charge >= 0.3 is 0 Å². The Balaban J connectivity index is 0.00000300. The van der Waals surface area contributed by atoms with Crippen molar-refractivity contribution >= 4 is 18.3 Å². The highest BCUT2D eigenvalue weighted by Crippen LogP contribution is 2.32. The summed E-state index contributed by atoms with van der Waals surface area (Å²) < 4.78 is 11.4. The van der Waals surface area contributed by atoms with Crippen LogP contribution in [0.3, 0.4) is 0 Å². The van der Waals surface area contributed by atoms with Gasteiger partial charge in [0, 0.05) is 0 Å². The second-order valence-corrected chi connectivity index (χ2v) is 7.60. The highest BCUT2D eigenvalue weighted by molar-refractivity contribution is 5.86. The quantitative estimate of drug-likeness (QED) is 0.692. The molecule has 0 spiro atoms. The van der Waals surface area contributed by atoms with Crippen LogP contribution in [0.25, 0.3) is 0 Å². The summed E-state index contributed by atoms with van der Waals surface area (Å²) in [6.07, 6.45) is 4.69. The van der Waals surface area contributed by atoms with Gasteiger partial charge in [-0.25, -0.2) is 0 Å². The molecule has 1 aliphatic rings. The monoisotopic (exact) mass is 418 g/mol. The van der Waals surface area contributed by atoms with E-state index in [1.807, 2.05) is 55.5 Å². The SMILES string of the molecule is COc1cc(C(C)NC(=O)C2(N)CCCCC2)ccc1OCc1ccccc1.Cl. The summed E-state index contributed by atoms with van der Waals surface area (Å²) in [5, 5.41) is 3.07. The van der Waals surface area contributed by atoms with Gasteiger partial charge in [0.15, 0.2) is 11.5 Å². The zero-order valence-electron chi connectivity index (χ0n) is 17.1. The number of carbonyl (C=O) groups excluding carboxylic acids is 1. The normalized spacial score (nSPS) is 16.2. The van der Waals surface area contributed by atoms with Crippen LogP contribution < -0.4 is 20.5 Å². The minimum absolute atomic E-state index is 0. The van der Waals surface area contributed by atoms with Crippen molar-refractivity contribution in [2.24, 2.45) is 5.73 Å². The molecule has 1 unspecified atom stereocenters. The molecular formula is C23H31ClN2O3. The lowest BCUT2D eigenvalue weighted by molar-refractivity contribution is -0.128. The van der Waals surface area contributed by atoms with Crippen molar-refractivity contribution in [2.45, 2.75) is 57.2 Å². The van der Waals surface area contributed by atoms with Gasteiger partial charge in [-0.05, 0) is 43.0 Å². The Morgan fingerprint density at radius 3 is 2.45 bits per heavy atom. The summed E-state index contributed by atoms with van der Waals surface area (Å²) in [5.41, 5.74) is 7.65. The molecule has 1 fully saturated rings. The maximum Gasteiger partial charge on any atom is 0.240 e. The molecule has 0 aromatic heterocycles. The molecule has 6 heteroatoms. The second-order valence-electron chi connectivity index (χ2n) is 7.60. The minimum atomic E-state index is -0.741. The first kappa shape index (κ1) is 23.0. The highest BCUT2D eigenvalue weighted by Gasteiger charge is 2.35. The van der Waals surface area contributed by atoms with Gasteiger partial charge in [0.25, 0.3) is 0 Å². The molecule has 1 aliphatic carbocycles. The Labute approximate surface area is 179 Å². The number of carbonyl (C=O) groups is 1. The smallest absolute Gasteiger partial charge is 0.240 e. The molecule has 1 saturated carbocycles. The first-order chi connectivity index (χ1) is 13.5. The lowest BCUT2D eigenvalue weighted by Crippen LogP contribution is -2.55. The lowest BCUT2D eigenvalue weighted by Gasteiger charge is -2.33. The van der Waals surface area contributed by atoms with Crippen molar-refractivity contribution in [3.05, 3.63) is 59.7 Å². The fourth-order valence-corrected chi connectivity index (χ4v) is 3.64. The van der Waals surface area contributed by atoms with Crippen LogP contribution >= 0.6 is 12.4 Å². The van der Waals surface area contributed by atoms with E-state index in [4.69, 9.17) is 15.2 Å². The van der Waals surface area contributed by atoms with Crippen LogP contribution in [0.4, 0.5) is 0 Å². The number of rotatable bonds is 7. The number of nitrogens with two attached hydrogens (primary N) is 1. The first-order valence-electron chi connectivity index (χ1n) is 9.96. The Hall–Kier alpha value is -2.24. The summed E-state index contributed by atoms with van der Waals surface area (Å²) in [5.74, 6) is 1.26. The number of hydrogen-bond donors (Lipinski definition) is 2. The van der Waals surface area contributed by atoms with Gasteiger partial charge in [-0.2, -0.15) is 0 Å². The second kappa shape index (κ2) is 10.5. The molecular weight excluding hydrogens is 388 g/mol. The van der Waals surface area contributed by atoms with Crippen molar-refractivity contribution in [2.75, 3.05) is 7.11 Å². The summed E-state index contributed by atoms with van der Waals surface area (Å²) in [6.45, 7) is 2.43. The molecule has 2 aromatic carbocycles. The molecule has 29 heavy (non-hydrogen) atoms. The van der Waals surface area contributed by atoms with E-state index >= 15 is 0 Å². The van der Waals surface area contributed by atoms with Gasteiger partial charge in [-0.1, -0.05) is 55.7 Å². The van der Waals surface area contributed by atoms with Crippen molar-refractivity contribution in [1.82, 2.24) is 5.32 Å². The maximum absolute atomic E-state index is 12.7. The van der Waals surface area contributed by atoms with Gasteiger partial charge in [0.1, 0.15) is 6.61 Å². The van der Waals surface area contributed by atoms with Crippen LogP contribution in [0.2, 0.25) is 0 Å². The van der Waals surface area contributed by atoms with Crippen molar-refractivity contribution in [3.8, 4) is 11.5 Å². The van der Waals surface area contributed by atoms with E-state index in [2.05, 4.69) is 5.32 Å². The van der Waals surface area contributed by atoms with Crippen LogP contribution in [0, 0.1) is 0 Å². The van der Waals surface area contributed by atoms with Crippen LogP contribution in [-0.4, -0.2) is 18.6 Å². The van der Waals surface area contributed by atoms with Crippen LogP contribution in [0.15, 0.2) is 48.5 Å². The average molecular weight is 419 g/mol. The predicted molar refractivity (Wildman–Crippen MR) is 118 cm³/mol. The third-order valence-corrected chi connectivity index (χ3v) is 5.47. The third kappa shape index (κ3) is 5.87. The molecule has 2 aromatic rings. The summed E-state index contributed by atoms with van der Waals surface area (Å²) >= 11 is 0. The first-order valence-corrected chi connectivity index (χ1v) is 9.96. The number of nitrogens with one attached hydrogen (secondary N) is 1. The fourth-order valence-electron chi connectivity index (χ4n) is 3.64. The minimum Gasteiger partial charge on any atom is -0.493 e. The molecule has 1 atom stereocenters. The van der Waals surface area contributed by atoms with Gasteiger partial charge in [0.05, 0.1) is 18.7 Å². The Bertz CT molecular complexity index is 792. The van der Waals surface area contributed by atoms with E-state index in [-0.39, 0.29) is 24.4 Å². The van der Waals surface area contributed by atoms with Gasteiger partial charge in [0.2, 0.25) is 5.91 Å². The lowest BCUT2D eigenvalue weighted by atomic mass is 9.81. The van der Waals surface area contributed by atoms with Gasteiger partial charge in [-0.15, -0.1) is 12.4 Å². The van der Waals surface area contributed by atoms with Crippen molar-refractivity contribution < 1.29 is 14.3 Å². The van der Waals surface area contributed by atoms with Gasteiger partial charge in [-0.3, -0.25) is 4.79 Å². The standard InChI is InChI=1S/C23H30N2O3.ClH/c1-17(25-22(26)23(24)13-7-4-8-14-23)19-11-12-20(21(15-19)27-2)28-16-18-9-5-3-6-10-18;/h3,5-6,9-12,15,17H,4,7-8,13-14,16,24H2,1-2H3,(H,25,26);1H. The highest BCUT2D eigenvalue weighted by atomic mass is 35.5. The average Bonchev–Trinajstić information content (AvgIpc) is 2.73. The van der Waals surface area contributed by atoms with E-state index in [1.165, 1.54) is 0 Å². The molecule has 0 heterocycles. The van der Waals surface area contributed by atoms with E-state index in [9.17, 15) is 4.79 Å². The zero-order valence-corrected chi connectivity index (χ0v) is 18.0. The summed E-state index contributed by atoms with van der Waals surface area (Å²) in [6, 6.07) is 15.6. The molecule has 158 valence electrons. The number of hydrogen-bond acceptors (Lipinski definition) is 4. The number of benzene rings is 2. The summed E-state index contributed by atoms with van der Waals surface area (Å²) in [7, 11) is 1.62. The van der Waals surface area contributed by atoms with Crippen LogP contribution in [0.1, 0.15) is 56.2 Å². The van der Waals surface area contributed by atoms with Crippen LogP contribution in [0.5, 0.6) is 11.5 Å². The summed E-state index contributed by atoms with van der Waals surface area (Å²) in [4.78, 5) is 12.7. The molecule has 0 radical (unpaired) electrons. The zero-order chi connectivity index (χ0) is 20.0. The molecule has 0 bridgehead atoms.